The molecule has 2 saturated heterocycles. The van der Waals surface area contributed by atoms with Crippen LogP contribution >= 0.6 is 0 Å². The van der Waals surface area contributed by atoms with Gasteiger partial charge >= 0.3 is 13.3 Å². The smallest absolute Gasteiger partial charge is 0.399 e. The molecule has 2 fully saturated rings. The van der Waals surface area contributed by atoms with Crippen LogP contribution in [0.5, 0.6) is 0 Å². The Labute approximate surface area is 174 Å². The third-order valence-electron chi connectivity index (χ3n) is 6.07. The third-order valence-corrected chi connectivity index (χ3v) is 6.07. The summed E-state index contributed by atoms with van der Waals surface area (Å²) in [7, 11) is -1.02. The van der Waals surface area contributed by atoms with Crippen LogP contribution in [0, 0.1) is 0 Å². The largest absolute Gasteiger partial charge is 0.494 e. The highest BCUT2D eigenvalue weighted by Crippen LogP contribution is 2.37. The standard InChI is InChI=1S/C20H26BF3N2O4/c1-13(27)25-6-8-26(9-7-25)17(28)14-10-15(20(22,23)24)12-16(11-14)21-29-18(2,3)19(4,5)30-21/h10-12H,6-9H2,1-5H3. The third kappa shape index (κ3) is 4.34. The van der Waals surface area contributed by atoms with Crippen LogP contribution in [0.3, 0.4) is 0 Å². The van der Waals surface area contributed by atoms with E-state index in [0.29, 0.717) is 13.1 Å². The van der Waals surface area contributed by atoms with Crippen LogP contribution in [-0.4, -0.2) is 66.1 Å². The molecular formula is C20H26BF3N2O4. The molecule has 2 amide bonds. The molecule has 2 aliphatic heterocycles. The molecular weight excluding hydrogens is 400 g/mol. The van der Waals surface area contributed by atoms with Gasteiger partial charge in [-0.1, -0.05) is 6.07 Å². The number of alkyl halides is 3. The monoisotopic (exact) mass is 426 g/mol. The molecule has 164 valence electrons. The van der Waals surface area contributed by atoms with Gasteiger partial charge in [-0.15, -0.1) is 0 Å². The lowest BCUT2D eigenvalue weighted by Crippen LogP contribution is -2.50. The second-order valence-electron chi connectivity index (χ2n) is 8.73. The van der Waals surface area contributed by atoms with Crippen LogP contribution in [0.1, 0.15) is 50.5 Å². The van der Waals surface area contributed by atoms with Crippen LogP contribution in [0.4, 0.5) is 13.2 Å². The zero-order valence-electron chi connectivity index (χ0n) is 17.8. The van der Waals surface area contributed by atoms with Crippen LogP contribution in [0.15, 0.2) is 18.2 Å². The fraction of sp³-hybridized carbons (Fsp3) is 0.600. The van der Waals surface area contributed by atoms with Gasteiger partial charge in [0.1, 0.15) is 0 Å². The van der Waals surface area contributed by atoms with Crippen molar-refractivity contribution in [2.45, 2.75) is 52.0 Å². The van der Waals surface area contributed by atoms with E-state index in [4.69, 9.17) is 9.31 Å². The number of amides is 2. The summed E-state index contributed by atoms with van der Waals surface area (Å²) < 4.78 is 52.4. The highest BCUT2D eigenvalue weighted by molar-refractivity contribution is 6.62. The van der Waals surface area contributed by atoms with Crippen molar-refractivity contribution in [1.29, 1.82) is 0 Å². The number of piperazine rings is 1. The van der Waals surface area contributed by atoms with Crippen molar-refractivity contribution in [3.05, 3.63) is 29.3 Å². The van der Waals surface area contributed by atoms with Crippen molar-refractivity contribution >= 4 is 24.4 Å². The van der Waals surface area contributed by atoms with Crippen molar-refractivity contribution in [2.24, 2.45) is 0 Å². The number of hydrogen-bond acceptors (Lipinski definition) is 4. The molecule has 10 heteroatoms. The number of halogens is 3. The highest BCUT2D eigenvalue weighted by atomic mass is 19.4. The summed E-state index contributed by atoms with van der Waals surface area (Å²) in [4.78, 5) is 27.5. The summed E-state index contributed by atoms with van der Waals surface area (Å²) in [6.07, 6.45) is -4.62. The lowest BCUT2D eigenvalue weighted by molar-refractivity contribution is -0.137. The first-order chi connectivity index (χ1) is 13.7. The molecule has 0 radical (unpaired) electrons. The fourth-order valence-electron chi connectivity index (χ4n) is 3.46. The first-order valence-electron chi connectivity index (χ1n) is 9.84. The molecule has 0 aliphatic carbocycles. The Bertz CT molecular complexity index is 833. The quantitative estimate of drug-likeness (QED) is 0.682. The molecule has 0 saturated carbocycles. The van der Waals surface area contributed by atoms with Gasteiger partial charge in [0.25, 0.3) is 5.91 Å². The second-order valence-corrected chi connectivity index (χ2v) is 8.73. The van der Waals surface area contributed by atoms with Gasteiger partial charge < -0.3 is 19.1 Å². The van der Waals surface area contributed by atoms with E-state index in [1.807, 2.05) is 0 Å². The number of carbonyl (C=O) groups is 2. The van der Waals surface area contributed by atoms with Crippen molar-refractivity contribution in [1.82, 2.24) is 9.80 Å². The molecule has 0 spiro atoms. The van der Waals surface area contributed by atoms with Gasteiger partial charge in [0.05, 0.1) is 16.8 Å². The van der Waals surface area contributed by atoms with E-state index >= 15 is 0 Å². The number of rotatable bonds is 2. The van der Waals surface area contributed by atoms with Crippen LogP contribution < -0.4 is 5.46 Å². The Balaban J connectivity index is 1.91. The van der Waals surface area contributed by atoms with Crippen LogP contribution in [-0.2, 0) is 20.3 Å². The molecule has 1 aromatic rings. The van der Waals surface area contributed by atoms with Gasteiger partial charge in [-0.2, -0.15) is 13.2 Å². The van der Waals surface area contributed by atoms with E-state index in [1.165, 1.54) is 17.9 Å². The minimum absolute atomic E-state index is 0.0780. The molecule has 2 aliphatic rings. The van der Waals surface area contributed by atoms with Crippen molar-refractivity contribution in [3.63, 3.8) is 0 Å². The molecule has 0 bridgehead atoms. The lowest BCUT2D eigenvalue weighted by Gasteiger charge is -2.34. The Kier molecular flexibility index (Phi) is 5.70. The normalized spacial score (nSPS) is 21.1. The van der Waals surface area contributed by atoms with Gasteiger partial charge in [0.2, 0.25) is 5.91 Å². The summed E-state index contributed by atoms with van der Waals surface area (Å²) in [6, 6.07) is 3.22. The minimum Gasteiger partial charge on any atom is -0.399 e. The lowest BCUT2D eigenvalue weighted by atomic mass is 9.77. The van der Waals surface area contributed by atoms with Gasteiger partial charge in [-0.3, -0.25) is 9.59 Å². The minimum atomic E-state index is -4.62. The number of nitrogens with zero attached hydrogens (tertiary/aromatic N) is 2. The van der Waals surface area contributed by atoms with Crippen molar-refractivity contribution < 1.29 is 32.1 Å². The number of carbonyl (C=O) groups excluding carboxylic acids is 2. The summed E-state index contributed by atoms with van der Waals surface area (Å²) >= 11 is 0. The van der Waals surface area contributed by atoms with E-state index in [2.05, 4.69) is 0 Å². The number of benzene rings is 1. The molecule has 2 heterocycles. The van der Waals surface area contributed by atoms with E-state index in [0.717, 1.165) is 12.1 Å². The summed E-state index contributed by atoms with van der Waals surface area (Å²) in [5.74, 6) is -0.605. The maximum Gasteiger partial charge on any atom is 0.494 e. The molecule has 0 atom stereocenters. The predicted molar refractivity (Wildman–Crippen MR) is 105 cm³/mol. The second kappa shape index (κ2) is 7.57. The molecule has 0 aromatic heterocycles. The summed E-state index contributed by atoms with van der Waals surface area (Å²) in [5.41, 5.74) is -2.31. The maximum atomic E-state index is 13.5. The summed E-state index contributed by atoms with van der Waals surface area (Å²) in [5, 5.41) is 0. The topological polar surface area (TPSA) is 59.1 Å². The van der Waals surface area contributed by atoms with Crippen molar-refractivity contribution in [2.75, 3.05) is 26.2 Å². The maximum absolute atomic E-state index is 13.5. The SMILES string of the molecule is CC(=O)N1CCN(C(=O)c2cc(B3OC(C)(C)C(C)(C)O3)cc(C(F)(F)F)c2)CC1. The highest BCUT2D eigenvalue weighted by Gasteiger charge is 2.52. The number of hydrogen-bond donors (Lipinski definition) is 0. The predicted octanol–water partition coefficient (Wildman–Crippen LogP) is 2.31. The molecule has 1 aromatic carbocycles. The first kappa shape index (κ1) is 22.6. The van der Waals surface area contributed by atoms with E-state index in [1.54, 1.807) is 32.6 Å². The van der Waals surface area contributed by atoms with E-state index in [9.17, 15) is 22.8 Å². The van der Waals surface area contributed by atoms with Crippen molar-refractivity contribution in [3.8, 4) is 0 Å². The average Bonchev–Trinajstić information content (AvgIpc) is 2.87. The zero-order valence-corrected chi connectivity index (χ0v) is 17.8. The van der Waals surface area contributed by atoms with Gasteiger partial charge in [-0.25, -0.2) is 0 Å². The first-order valence-corrected chi connectivity index (χ1v) is 9.84. The summed E-state index contributed by atoms with van der Waals surface area (Å²) in [6.45, 7) is 9.90. The Morgan fingerprint density at radius 1 is 0.933 bits per heavy atom. The van der Waals surface area contributed by atoms with Crippen LogP contribution in [0.25, 0.3) is 0 Å². The molecule has 6 nitrogen and oxygen atoms in total. The fourth-order valence-corrected chi connectivity index (χ4v) is 3.46. The van der Waals surface area contributed by atoms with E-state index < -0.39 is 36.0 Å². The van der Waals surface area contributed by atoms with Gasteiger partial charge in [0.15, 0.2) is 0 Å². The van der Waals surface area contributed by atoms with Crippen LogP contribution in [0.2, 0.25) is 0 Å². The van der Waals surface area contributed by atoms with Gasteiger partial charge in [-0.05, 0) is 45.3 Å². The Morgan fingerprint density at radius 3 is 1.90 bits per heavy atom. The zero-order chi connectivity index (χ0) is 22.5. The Morgan fingerprint density at radius 2 is 1.43 bits per heavy atom. The molecule has 30 heavy (non-hydrogen) atoms. The van der Waals surface area contributed by atoms with Gasteiger partial charge in [0, 0.05) is 38.7 Å². The molecule has 0 unspecified atom stereocenters. The average molecular weight is 426 g/mol. The van der Waals surface area contributed by atoms with E-state index in [-0.39, 0.29) is 30.0 Å². The molecule has 3 rings (SSSR count). The Hall–Kier alpha value is -2.07. The molecule has 0 N–H and O–H groups in total.